The molecule has 20 heavy (non-hydrogen) atoms. The Morgan fingerprint density at radius 1 is 1.35 bits per heavy atom. The number of thiophene rings is 1. The third-order valence-corrected chi connectivity index (χ3v) is 4.53. The molecule has 0 aliphatic rings. The van der Waals surface area contributed by atoms with Crippen molar-refractivity contribution in [3.63, 3.8) is 0 Å². The van der Waals surface area contributed by atoms with Crippen LogP contribution in [0.5, 0.6) is 0 Å². The Bertz CT molecular complexity index is 571. The van der Waals surface area contributed by atoms with E-state index in [-0.39, 0.29) is 11.9 Å². The molecular weight excluding hydrogens is 292 g/mol. The lowest BCUT2D eigenvalue weighted by Gasteiger charge is -2.23. The van der Waals surface area contributed by atoms with Crippen molar-refractivity contribution in [3.05, 3.63) is 51.7 Å². The van der Waals surface area contributed by atoms with Crippen molar-refractivity contribution in [2.24, 2.45) is 0 Å². The van der Waals surface area contributed by atoms with Crippen molar-refractivity contribution >= 4 is 34.5 Å². The van der Waals surface area contributed by atoms with Crippen LogP contribution in [0.2, 0.25) is 5.02 Å². The quantitative estimate of drug-likeness (QED) is 0.904. The first-order chi connectivity index (χ1) is 9.58. The highest BCUT2D eigenvalue weighted by Gasteiger charge is 2.16. The lowest BCUT2D eigenvalue weighted by Crippen LogP contribution is -2.32. The predicted molar refractivity (Wildman–Crippen MR) is 85.4 cm³/mol. The van der Waals surface area contributed by atoms with Gasteiger partial charge in [0.05, 0.1) is 17.3 Å². The number of para-hydroxylation sites is 1. The van der Waals surface area contributed by atoms with Crippen LogP contribution in [0.1, 0.15) is 17.8 Å². The zero-order chi connectivity index (χ0) is 14.5. The smallest absolute Gasteiger partial charge is 0.238 e. The second kappa shape index (κ2) is 6.88. The lowest BCUT2D eigenvalue weighted by molar-refractivity contribution is -0.117. The Morgan fingerprint density at radius 3 is 2.75 bits per heavy atom. The van der Waals surface area contributed by atoms with Crippen LogP contribution in [0, 0.1) is 0 Å². The SMILES string of the molecule is CC(c1cccs1)N(C)CC(=O)Nc1ccccc1Cl. The second-order valence-corrected chi connectivity index (χ2v) is 6.02. The first kappa shape index (κ1) is 15.0. The van der Waals surface area contributed by atoms with Crippen molar-refractivity contribution in [1.29, 1.82) is 0 Å². The number of likely N-dealkylation sites (N-methyl/N-ethyl adjacent to an activating group) is 1. The zero-order valence-corrected chi connectivity index (χ0v) is 13.0. The van der Waals surface area contributed by atoms with E-state index in [9.17, 15) is 4.79 Å². The van der Waals surface area contributed by atoms with Gasteiger partial charge in [0, 0.05) is 10.9 Å². The second-order valence-electron chi connectivity index (χ2n) is 4.63. The van der Waals surface area contributed by atoms with Gasteiger partial charge in [-0.25, -0.2) is 0 Å². The van der Waals surface area contributed by atoms with Crippen molar-refractivity contribution < 1.29 is 4.79 Å². The number of benzene rings is 1. The molecule has 0 aliphatic carbocycles. The van der Waals surface area contributed by atoms with Crippen LogP contribution in [0.4, 0.5) is 5.69 Å². The third kappa shape index (κ3) is 3.82. The Hall–Kier alpha value is -1.36. The summed E-state index contributed by atoms with van der Waals surface area (Å²) in [5, 5.41) is 5.43. The molecule has 0 saturated heterocycles. The Labute approximate surface area is 128 Å². The van der Waals surface area contributed by atoms with Crippen molar-refractivity contribution in [2.45, 2.75) is 13.0 Å². The first-order valence-corrected chi connectivity index (χ1v) is 7.61. The molecule has 0 aliphatic heterocycles. The Kier molecular flexibility index (Phi) is 5.17. The molecule has 1 amide bonds. The number of nitrogens with zero attached hydrogens (tertiary/aromatic N) is 1. The molecule has 1 aromatic carbocycles. The van der Waals surface area contributed by atoms with Gasteiger partial charge in [0.1, 0.15) is 0 Å². The molecule has 5 heteroatoms. The first-order valence-electron chi connectivity index (χ1n) is 6.36. The highest BCUT2D eigenvalue weighted by molar-refractivity contribution is 7.10. The average Bonchev–Trinajstić information content (AvgIpc) is 2.94. The van der Waals surface area contributed by atoms with Gasteiger partial charge in [-0.1, -0.05) is 29.8 Å². The van der Waals surface area contributed by atoms with Crippen LogP contribution in [-0.4, -0.2) is 24.4 Å². The molecule has 1 atom stereocenters. The number of hydrogen-bond acceptors (Lipinski definition) is 3. The summed E-state index contributed by atoms with van der Waals surface area (Å²) in [7, 11) is 1.94. The molecule has 0 bridgehead atoms. The van der Waals surface area contributed by atoms with Crippen molar-refractivity contribution in [2.75, 3.05) is 18.9 Å². The summed E-state index contributed by atoms with van der Waals surface area (Å²) in [6, 6.07) is 11.6. The molecule has 0 fully saturated rings. The van der Waals surface area contributed by atoms with Gasteiger partial charge in [0.15, 0.2) is 0 Å². The number of halogens is 1. The summed E-state index contributed by atoms with van der Waals surface area (Å²) < 4.78 is 0. The summed E-state index contributed by atoms with van der Waals surface area (Å²) in [5.41, 5.74) is 0.649. The standard InChI is InChI=1S/C15H17ClN2OS/c1-11(14-8-5-9-20-14)18(2)10-15(19)17-13-7-4-3-6-12(13)16/h3-9,11H,10H2,1-2H3,(H,17,19). The normalized spacial score (nSPS) is 12.4. The Morgan fingerprint density at radius 2 is 2.10 bits per heavy atom. The molecule has 2 rings (SSSR count). The topological polar surface area (TPSA) is 32.3 Å². The number of rotatable bonds is 5. The number of hydrogen-bond donors (Lipinski definition) is 1. The van der Waals surface area contributed by atoms with E-state index >= 15 is 0 Å². The van der Waals surface area contributed by atoms with Crippen LogP contribution in [0.25, 0.3) is 0 Å². The lowest BCUT2D eigenvalue weighted by atomic mass is 10.2. The van der Waals surface area contributed by atoms with E-state index in [0.29, 0.717) is 17.3 Å². The highest BCUT2D eigenvalue weighted by Crippen LogP contribution is 2.24. The van der Waals surface area contributed by atoms with Gasteiger partial charge in [-0.2, -0.15) is 0 Å². The summed E-state index contributed by atoms with van der Waals surface area (Å²) >= 11 is 7.72. The van der Waals surface area contributed by atoms with Gasteiger partial charge in [0.25, 0.3) is 0 Å². The van der Waals surface area contributed by atoms with E-state index in [1.165, 1.54) is 4.88 Å². The fourth-order valence-electron chi connectivity index (χ4n) is 1.86. The van der Waals surface area contributed by atoms with Gasteiger partial charge >= 0.3 is 0 Å². The largest absolute Gasteiger partial charge is 0.324 e. The minimum Gasteiger partial charge on any atom is -0.324 e. The van der Waals surface area contributed by atoms with E-state index in [0.717, 1.165) is 0 Å². The van der Waals surface area contributed by atoms with Crippen LogP contribution in [0.15, 0.2) is 41.8 Å². The molecule has 3 nitrogen and oxygen atoms in total. The number of nitrogens with one attached hydrogen (secondary N) is 1. The molecule has 2 aromatic rings. The maximum Gasteiger partial charge on any atom is 0.238 e. The fraction of sp³-hybridized carbons (Fsp3) is 0.267. The van der Waals surface area contributed by atoms with Crippen molar-refractivity contribution in [1.82, 2.24) is 4.90 Å². The van der Waals surface area contributed by atoms with Gasteiger partial charge in [0.2, 0.25) is 5.91 Å². The van der Waals surface area contributed by atoms with Gasteiger partial charge in [-0.05, 0) is 37.6 Å². The van der Waals surface area contributed by atoms with Gasteiger partial charge in [-0.3, -0.25) is 9.69 Å². The monoisotopic (exact) mass is 308 g/mol. The highest BCUT2D eigenvalue weighted by atomic mass is 35.5. The molecule has 106 valence electrons. The van der Waals surface area contributed by atoms with Crippen molar-refractivity contribution in [3.8, 4) is 0 Å². The summed E-state index contributed by atoms with van der Waals surface area (Å²) in [5.74, 6) is -0.0657. The van der Waals surface area contributed by atoms with E-state index in [1.54, 1.807) is 23.5 Å². The predicted octanol–water partition coefficient (Wildman–Crippen LogP) is 4.03. The van der Waals surface area contributed by atoms with Gasteiger partial charge in [-0.15, -0.1) is 11.3 Å². The van der Waals surface area contributed by atoms with Crippen LogP contribution >= 0.6 is 22.9 Å². The van der Waals surface area contributed by atoms with E-state index in [1.807, 2.05) is 35.5 Å². The number of amides is 1. The van der Waals surface area contributed by atoms with Crippen LogP contribution in [0.3, 0.4) is 0 Å². The average molecular weight is 309 g/mol. The van der Waals surface area contributed by atoms with Crippen LogP contribution < -0.4 is 5.32 Å². The number of anilines is 1. The molecule has 1 unspecified atom stereocenters. The minimum atomic E-state index is -0.0657. The number of carbonyl (C=O) groups is 1. The number of carbonyl (C=O) groups excluding carboxylic acids is 1. The summed E-state index contributed by atoms with van der Waals surface area (Å²) in [6.45, 7) is 2.42. The summed E-state index contributed by atoms with van der Waals surface area (Å²) in [6.07, 6.45) is 0. The zero-order valence-electron chi connectivity index (χ0n) is 11.5. The maximum absolute atomic E-state index is 12.0. The molecule has 0 spiro atoms. The van der Waals surface area contributed by atoms with E-state index < -0.39 is 0 Å². The Balaban J connectivity index is 1.93. The van der Waals surface area contributed by atoms with E-state index in [4.69, 9.17) is 11.6 Å². The van der Waals surface area contributed by atoms with E-state index in [2.05, 4.69) is 18.3 Å². The molecule has 1 N–H and O–H groups in total. The maximum atomic E-state index is 12.0. The fourth-order valence-corrected chi connectivity index (χ4v) is 2.89. The molecule has 1 aromatic heterocycles. The molecule has 1 heterocycles. The molecular formula is C15H17ClN2OS. The summed E-state index contributed by atoms with van der Waals surface area (Å²) in [4.78, 5) is 15.3. The minimum absolute atomic E-state index is 0.0657. The molecule has 0 radical (unpaired) electrons. The third-order valence-electron chi connectivity index (χ3n) is 3.16. The molecule has 0 saturated carbocycles. The van der Waals surface area contributed by atoms with Gasteiger partial charge < -0.3 is 5.32 Å². The van der Waals surface area contributed by atoms with Crippen LogP contribution in [-0.2, 0) is 4.79 Å².